The molecule has 0 saturated carbocycles. The minimum atomic E-state index is 0.872. The molecule has 1 heterocycles. The van der Waals surface area contributed by atoms with Crippen molar-refractivity contribution in [2.24, 2.45) is 0 Å². The maximum Gasteiger partial charge on any atom is 0.137 e. The zero-order chi connectivity index (χ0) is 35.6. The van der Waals surface area contributed by atoms with Crippen LogP contribution in [-0.2, 0) is 0 Å². The van der Waals surface area contributed by atoms with E-state index in [2.05, 4.69) is 193 Å². The van der Waals surface area contributed by atoms with Crippen LogP contribution in [0.5, 0.6) is 0 Å². The number of hydrogen-bond acceptors (Lipinski definition) is 2. The number of hydrogen-bond donors (Lipinski definition) is 0. The number of furan rings is 1. The molecular weight excluding hydrogens is 655 g/mol. The van der Waals surface area contributed by atoms with Crippen LogP contribution in [-0.4, -0.2) is 0 Å². The zero-order valence-electron chi connectivity index (χ0n) is 29.4. The third-order valence-electron chi connectivity index (χ3n) is 11.0. The fourth-order valence-corrected chi connectivity index (χ4v) is 8.47. The Morgan fingerprint density at radius 2 is 0.907 bits per heavy atom. The Morgan fingerprint density at radius 3 is 1.76 bits per heavy atom. The Balaban J connectivity index is 1.10. The SMILES string of the molecule is c1ccc(-c2cccc(N(c3ccc(-c4cc5ccccc5c5c4ccc4ccc6ccccc6c45)cc3)c3ccc4c(c3)oc3ccccc34)c2)cc1. The number of anilines is 3. The highest BCUT2D eigenvalue weighted by Crippen LogP contribution is 2.44. The summed E-state index contributed by atoms with van der Waals surface area (Å²) in [7, 11) is 0. The van der Waals surface area contributed by atoms with E-state index in [1.165, 1.54) is 65.3 Å². The molecule has 0 bridgehead atoms. The van der Waals surface area contributed by atoms with E-state index >= 15 is 0 Å². The van der Waals surface area contributed by atoms with Crippen molar-refractivity contribution in [2.45, 2.75) is 0 Å². The first kappa shape index (κ1) is 30.5. The van der Waals surface area contributed by atoms with Crippen LogP contribution < -0.4 is 4.90 Å². The topological polar surface area (TPSA) is 16.4 Å². The van der Waals surface area contributed by atoms with Crippen molar-refractivity contribution in [2.75, 3.05) is 4.90 Å². The number of para-hydroxylation sites is 1. The fourth-order valence-electron chi connectivity index (χ4n) is 8.47. The summed E-state index contributed by atoms with van der Waals surface area (Å²) in [4.78, 5) is 2.33. The third-order valence-corrected chi connectivity index (χ3v) is 11.0. The third kappa shape index (κ3) is 4.88. The molecule has 0 N–H and O–H groups in total. The van der Waals surface area contributed by atoms with Gasteiger partial charge < -0.3 is 9.32 Å². The van der Waals surface area contributed by atoms with Gasteiger partial charge in [0.2, 0.25) is 0 Å². The second-order valence-corrected chi connectivity index (χ2v) is 14.1. The van der Waals surface area contributed by atoms with E-state index in [1.807, 2.05) is 12.1 Å². The van der Waals surface area contributed by atoms with Gasteiger partial charge in [-0.3, -0.25) is 0 Å². The van der Waals surface area contributed by atoms with Crippen LogP contribution in [0.2, 0.25) is 0 Å². The van der Waals surface area contributed by atoms with E-state index in [9.17, 15) is 0 Å². The molecule has 0 aliphatic rings. The smallest absolute Gasteiger partial charge is 0.137 e. The first-order valence-corrected chi connectivity index (χ1v) is 18.5. The summed E-state index contributed by atoms with van der Waals surface area (Å²) >= 11 is 0. The van der Waals surface area contributed by atoms with Gasteiger partial charge in [0.15, 0.2) is 0 Å². The van der Waals surface area contributed by atoms with Crippen molar-refractivity contribution in [3.05, 3.63) is 200 Å². The summed E-state index contributed by atoms with van der Waals surface area (Å²) in [6.45, 7) is 0. The molecule has 0 radical (unpaired) electrons. The van der Waals surface area contributed by atoms with E-state index in [-0.39, 0.29) is 0 Å². The highest BCUT2D eigenvalue weighted by atomic mass is 16.3. The van der Waals surface area contributed by atoms with Gasteiger partial charge in [-0.15, -0.1) is 0 Å². The summed E-state index contributed by atoms with van der Waals surface area (Å²) in [5, 5.41) is 12.4. The second-order valence-electron chi connectivity index (χ2n) is 14.1. The molecule has 10 aromatic carbocycles. The Hall–Kier alpha value is -7.16. The van der Waals surface area contributed by atoms with Gasteiger partial charge in [-0.2, -0.15) is 0 Å². The predicted molar refractivity (Wildman–Crippen MR) is 229 cm³/mol. The average Bonchev–Trinajstić information content (AvgIpc) is 3.62. The zero-order valence-corrected chi connectivity index (χ0v) is 29.4. The first-order chi connectivity index (χ1) is 26.8. The maximum atomic E-state index is 6.39. The molecule has 11 aromatic rings. The molecule has 0 saturated heterocycles. The number of nitrogens with zero attached hydrogens (tertiary/aromatic N) is 1. The fraction of sp³-hybridized carbons (Fsp3) is 0. The molecule has 0 aliphatic carbocycles. The Kier molecular flexibility index (Phi) is 6.90. The van der Waals surface area contributed by atoms with Gasteiger partial charge in [0.1, 0.15) is 11.2 Å². The van der Waals surface area contributed by atoms with Crippen LogP contribution in [0.25, 0.3) is 87.3 Å². The summed E-state index contributed by atoms with van der Waals surface area (Å²) in [6.07, 6.45) is 0. The average molecular weight is 688 g/mol. The van der Waals surface area contributed by atoms with Crippen molar-refractivity contribution < 1.29 is 4.42 Å². The lowest BCUT2D eigenvalue weighted by molar-refractivity contribution is 0.669. The van der Waals surface area contributed by atoms with Crippen molar-refractivity contribution in [1.29, 1.82) is 0 Å². The molecular formula is C52H33NO. The Morgan fingerprint density at radius 1 is 0.296 bits per heavy atom. The molecule has 0 unspecified atom stereocenters. The lowest BCUT2D eigenvalue weighted by atomic mass is 9.88. The minimum absolute atomic E-state index is 0.872. The minimum Gasteiger partial charge on any atom is -0.456 e. The van der Waals surface area contributed by atoms with Gasteiger partial charge in [0.05, 0.1) is 0 Å². The van der Waals surface area contributed by atoms with Crippen LogP contribution in [0.4, 0.5) is 17.1 Å². The lowest BCUT2D eigenvalue weighted by Gasteiger charge is -2.26. The van der Waals surface area contributed by atoms with Gasteiger partial charge in [0.25, 0.3) is 0 Å². The summed E-state index contributed by atoms with van der Waals surface area (Å²) < 4.78 is 6.39. The van der Waals surface area contributed by atoms with Crippen molar-refractivity contribution in [1.82, 2.24) is 0 Å². The normalized spacial score (nSPS) is 11.7. The van der Waals surface area contributed by atoms with E-state index in [1.54, 1.807) is 0 Å². The molecule has 2 nitrogen and oxygen atoms in total. The standard InChI is InChI=1S/C52H33NO/c1-2-11-34(12-3-1)38-15-10-16-41(31-38)53(42-28-30-46-45-19-8-9-20-49(45)54-50(46)33-42)40-26-23-36(24-27-40)48-32-39-14-5-7-18-44(39)52-47(48)29-25-37-22-21-35-13-4-6-17-43(35)51(37)52/h1-33H. The molecule has 54 heavy (non-hydrogen) atoms. The van der Waals surface area contributed by atoms with Crippen LogP contribution in [0, 0.1) is 0 Å². The molecule has 0 spiro atoms. The molecule has 0 fully saturated rings. The molecule has 1 aromatic heterocycles. The van der Waals surface area contributed by atoms with Crippen molar-refractivity contribution >= 4 is 82.1 Å². The van der Waals surface area contributed by atoms with E-state index in [4.69, 9.17) is 4.42 Å². The summed E-state index contributed by atoms with van der Waals surface area (Å²) in [5.74, 6) is 0. The maximum absolute atomic E-state index is 6.39. The molecule has 2 heteroatoms. The Bertz CT molecular complexity index is 3210. The van der Waals surface area contributed by atoms with Gasteiger partial charge in [-0.1, -0.05) is 146 Å². The first-order valence-electron chi connectivity index (χ1n) is 18.5. The number of fused-ring (bicyclic) bond motifs is 10. The van der Waals surface area contributed by atoms with Crippen molar-refractivity contribution in [3.63, 3.8) is 0 Å². The van der Waals surface area contributed by atoms with Gasteiger partial charge in [-0.05, 0) is 114 Å². The molecule has 0 aliphatic heterocycles. The highest BCUT2D eigenvalue weighted by Gasteiger charge is 2.18. The van der Waals surface area contributed by atoms with Crippen molar-refractivity contribution in [3.8, 4) is 22.3 Å². The van der Waals surface area contributed by atoms with E-state index in [0.29, 0.717) is 0 Å². The quantitative estimate of drug-likeness (QED) is 0.168. The van der Waals surface area contributed by atoms with Crippen LogP contribution in [0.15, 0.2) is 205 Å². The van der Waals surface area contributed by atoms with Gasteiger partial charge in [-0.25, -0.2) is 0 Å². The van der Waals surface area contributed by atoms with Gasteiger partial charge >= 0.3 is 0 Å². The number of rotatable bonds is 5. The molecule has 0 atom stereocenters. The molecule has 11 rings (SSSR count). The lowest BCUT2D eigenvalue weighted by Crippen LogP contribution is -2.10. The highest BCUT2D eigenvalue weighted by molar-refractivity contribution is 6.29. The summed E-state index contributed by atoms with van der Waals surface area (Å²) in [5.41, 5.74) is 9.72. The van der Waals surface area contributed by atoms with Crippen LogP contribution in [0.3, 0.4) is 0 Å². The van der Waals surface area contributed by atoms with Crippen LogP contribution in [0.1, 0.15) is 0 Å². The Labute approximate surface area is 312 Å². The molecule has 252 valence electrons. The van der Waals surface area contributed by atoms with E-state index < -0.39 is 0 Å². The van der Waals surface area contributed by atoms with E-state index in [0.717, 1.165) is 39.0 Å². The van der Waals surface area contributed by atoms with Crippen LogP contribution >= 0.6 is 0 Å². The predicted octanol–water partition coefficient (Wildman–Crippen LogP) is 15.0. The summed E-state index contributed by atoms with van der Waals surface area (Å²) in [6, 6.07) is 72.3. The largest absolute Gasteiger partial charge is 0.456 e. The van der Waals surface area contributed by atoms with Gasteiger partial charge in [0, 0.05) is 33.9 Å². The second kappa shape index (κ2) is 12.2. The molecule has 0 amide bonds. The number of benzene rings is 10. The monoisotopic (exact) mass is 687 g/mol.